The summed E-state index contributed by atoms with van der Waals surface area (Å²) in [6, 6.07) is 17.2. The van der Waals surface area contributed by atoms with Crippen molar-refractivity contribution in [1.82, 2.24) is 30.0 Å². The van der Waals surface area contributed by atoms with Crippen molar-refractivity contribution in [2.45, 2.75) is 39.5 Å². The van der Waals surface area contributed by atoms with Crippen molar-refractivity contribution in [2.24, 2.45) is 0 Å². The van der Waals surface area contributed by atoms with Crippen LogP contribution in [0.25, 0.3) is 0 Å². The van der Waals surface area contributed by atoms with Crippen molar-refractivity contribution in [3.63, 3.8) is 0 Å². The van der Waals surface area contributed by atoms with Crippen molar-refractivity contribution in [3.8, 4) is 6.07 Å². The van der Waals surface area contributed by atoms with Gasteiger partial charge in [-0.15, -0.1) is 10.2 Å². The van der Waals surface area contributed by atoms with Gasteiger partial charge >= 0.3 is 0 Å². The van der Waals surface area contributed by atoms with E-state index in [0.29, 0.717) is 43.4 Å². The molecule has 2 aromatic carbocycles. The molecule has 0 fully saturated rings. The lowest BCUT2D eigenvalue weighted by Crippen LogP contribution is -1.99. The van der Waals surface area contributed by atoms with Gasteiger partial charge in [0, 0.05) is 4.47 Å². The molecule has 0 aliphatic rings. The summed E-state index contributed by atoms with van der Waals surface area (Å²) in [6.45, 7) is 1.19. The normalized spacial score (nSPS) is 10.5. The Hall–Kier alpha value is -3.53. The molecule has 0 atom stereocenters. The van der Waals surface area contributed by atoms with Crippen molar-refractivity contribution in [2.75, 3.05) is 13.3 Å². The molecule has 9 nitrogen and oxygen atoms in total. The SMILES string of the molecule is FCCn1cc(COCc2ccc(Br)cc2)nn1.N#Cc1ccc(COCc2cn(CCF)nn2)cc1. The smallest absolute Gasteiger partial charge is 0.109 e. The zero-order chi connectivity index (χ0) is 26.3. The molecule has 0 amide bonds. The van der Waals surface area contributed by atoms with Gasteiger partial charge in [-0.05, 0) is 35.4 Å². The fourth-order valence-electron chi connectivity index (χ4n) is 3.00. The Bertz CT molecular complexity index is 1240. The first-order valence-corrected chi connectivity index (χ1v) is 12.2. The van der Waals surface area contributed by atoms with Gasteiger partial charge in [-0.1, -0.05) is 50.6 Å². The number of nitriles is 1. The third kappa shape index (κ3) is 10.2. The van der Waals surface area contributed by atoms with Crippen LogP contribution in [0, 0.1) is 11.3 Å². The summed E-state index contributed by atoms with van der Waals surface area (Å²) in [5, 5.41) is 24.0. The largest absolute Gasteiger partial charge is 0.370 e. The molecule has 0 aliphatic heterocycles. The lowest BCUT2D eigenvalue weighted by molar-refractivity contribution is 0.104. The predicted molar refractivity (Wildman–Crippen MR) is 134 cm³/mol. The van der Waals surface area contributed by atoms with E-state index in [-0.39, 0.29) is 13.1 Å². The first-order chi connectivity index (χ1) is 18.1. The minimum atomic E-state index is -0.463. The van der Waals surface area contributed by atoms with Gasteiger partial charge in [0.1, 0.15) is 24.7 Å². The molecule has 0 bridgehead atoms. The van der Waals surface area contributed by atoms with Crippen LogP contribution < -0.4 is 0 Å². The highest BCUT2D eigenvalue weighted by Gasteiger charge is 2.02. The van der Waals surface area contributed by atoms with Crippen LogP contribution in [0.5, 0.6) is 0 Å². The molecule has 4 rings (SSSR count). The number of nitrogens with zero attached hydrogens (tertiary/aromatic N) is 7. The van der Waals surface area contributed by atoms with Crippen molar-refractivity contribution < 1.29 is 18.3 Å². The van der Waals surface area contributed by atoms with E-state index in [0.717, 1.165) is 15.6 Å². The second-order valence-corrected chi connectivity index (χ2v) is 8.66. The fraction of sp³-hybridized carbons (Fsp3) is 0.320. The Balaban J connectivity index is 0.000000206. The number of alkyl halides is 2. The van der Waals surface area contributed by atoms with Crippen LogP contribution in [-0.4, -0.2) is 43.3 Å². The molecular weight excluding hydrogens is 548 g/mol. The van der Waals surface area contributed by atoms with E-state index in [1.807, 2.05) is 36.4 Å². The summed E-state index contributed by atoms with van der Waals surface area (Å²) in [5.74, 6) is 0. The van der Waals surface area contributed by atoms with Gasteiger partial charge in [-0.3, -0.25) is 0 Å². The average Bonchev–Trinajstić information content (AvgIpc) is 3.56. The maximum Gasteiger partial charge on any atom is 0.109 e. The molecule has 12 heteroatoms. The lowest BCUT2D eigenvalue weighted by Gasteiger charge is -2.02. The molecule has 0 radical (unpaired) electrons. The number of ether oxygens (including phenoxy) is 2. The van der Waals surface area contributed by atoms with Gasteiger partial charge in [-0.25, -0.2) is 18.1 Å². The van der Waals surface area contributed by atoms with Crippen LogP contribution in [0.15, 0.2) is 65.4 Å². The first kappa shape index (κ1) is 28.0. The Morgan fingerprint density at radius 3 is 1.62 bits per heavy atom. The highest BCUT2D eigenvalue weighted by atomic mass is 79.9. The van der Waals surface area contributed by atoms with Crippen LogP contribution in [0.4, 0.5) is 8.78 Å². The molecule has 2 heterocycles. The summed E-state index contributed by atoms with van der Waals surface area (Å²) in [6.07, 6.45) is 3.36. The number of benzene rings is 2. The Labute approximate surface area is 221 Å². The lowest BCUT2D eigenvalue weighted by atomic mass is 10.2. The number of hydrogen-bond donors (Lipinski definition) is 0. The van der Waals surface area contributed by atoms with Crippen molar-refractivity contribution in [1.29, 1.82) is 5.26 Å². The first-order valence-electron chi connectivity index (χ1n) is 11.4. The van der Waals surface area contributed by atoms with E-state index in [9.17, 15) is 8.78 Å². The third-order valence-electron chi connectivity index (χ3n) is 4.83. The number of aryl methyl sites for hydroxylation is 2. The van der Waals surface area contributed by atoms with E-state index in [1.54, 1.807) is 24.5 Å². The van der Waals surface area contributed by atoms with Crippen molar-refractivity contribution >= 4 is 15.9 Å². The molecule has 0 spiro atoms. The molecule has 0 unspecified atom stereocenters. The molecule has 194 valence electrons. The van der Waals surface area contributed by atoms with Gasteiger partial charge in [0.25, 0.3) is 0 Å². The summed E-state index contributed by atoms with van der Waals surface area (Å²) < 4.78 is 39.1. The summed E-state index contributed by atoms with van der Waals surface area (Å²) in [5.41, 5.74) is 4.07. The number of rotatable bonds is 12. The van der Waals surface area contributed by atoms with E-state index >= 15 is 0 Å². The summed E-state index contributed by atoms with van der Waals surface area (Å²) in [7, 11) is 0. The third-order valence-corrected chi connectivity index (χ3v) is 5.36. The maximum atomic E-state index is 12.1. The standard InChI is InChI=1S/C13H13FN4O.C12H13BrFN3O/c14-5-6-18-8-13(16-17-18)10-19-9-12-3-1-11(7-15)2-4-12;13-11-3-1-10(2-4-11)8-18-9-12-7-17(6-5-14)16-15-12/h1-4,8H,5-6,9-10H2;1-4,7H,5-6,8-9H2. The van der Waals surface area contributed by atoms with E-state index in [1.165, 1.54) is 9.36 Å². The maximum absolute atomic E-state index is 12.1. The molecule has 0 aliphatic carbocycles. The minimum absolute atomic E-state index is 0.211. The second kappa shape index (κ2) is 15.6. The highest BCUT2D eigenvalue weighted by molar-refractivity contribution is 9.10. The Morgan fingerprint density at radius 1 is 0.730 bits per heavy atom. The highest BCUT2D eigenvalue weighted by Crippen LogP contribution is 2.12. The van der Waals surface area contributed by atoms with Crippen LogP contribution in [-0.2, 0) is 49.0 Å². The number of aromatic nitrogens is 6. The zero-order valence-corrected chi connectivity index (χ0v) is 21.6. The average molecular weight is 574 g/mol. The van der Waals surface area contributed by atoms with Crippen LogP contribution in [0.1, 0.15) is 28.1 Å². The topological polar surface area (TPSA) is 104 Å². The van der Waals surface area contributed by atoms with Gasteiger partial charge < -0.3 is 9.47 Å². The van der Waals surface area contributed by atoms with E-state index < -0.39 is 13.3 Å². The number of halogens is 3. The van der Waals surface area contributed by atoms with Gasteiger partial charge in [-0.2, -0.15) is 5.26 Å². The quantitative estimate of drug-likeness (QED) is 0.244. The zero-order valence-electron chi connectivity index (χ0n) is 20.0. The molecule has 0 N–H and O–H groups in total. The van der Waals surface area contributed by atoms with Gasteiger partial charge in [0.05, 0.1) is 63.5 Å². The summed E-state index contributed by atoms with van der Waals surface area (Å²) in [4.78, 5) is 0. The molecule has 0 saturated heterocycles. The van der Waals surface area contributed by atoms with Gasteiger partial charge in [0.2, 0.25) is 0 Å². The number of hydrogen-bond acceptors (Lipinski definition) is 7. The molecule has 0 saturated carbocycles. The summed E-state index contributed by atoms with van der Waals surface area (Å²) >= 11 is 3.38. The monoisotopic (exact) mass is 573 g/mol. The Kier molecular flexibility index (Phi) is 11.8. The fourth-order valence-corrected chi connectivity index (χ4v) is 3.27. The molecule has 4 aromatic rings. The van der Waals surface area contributed by atoms with Crippen molar-refractivity contribution in [3.05, 3.63) is 93.5 Å². The Morgan fingerprint density at radius 2 is 1.19 bits per heavy atom. The van der Waals surface area contributed by atoms with E-state index in [2.05, 4.69) is 42.6 Å². The van der Waals surface area contributed by atoms with Gasteiger partial charge in [0.15, 0.2) is 0 Å². The molecule has 37 heavy (non-hydrogen) atoms. The predicted octanol–water partition coefficient (Wildman–Crippen LogP) is 4.56. The van der Waals surface area contributed by atoms with Crippen LogP contribution in [0.3, 0.4) is 0 Å². The van der Waals surface area contributed by atoms with Crippen LogP contribution >= 0.6 is 15.9 Å². The van der Waals surface area contributed by atoms with E-state index in [4.69, 9.17) is 14.7 Å². The second-order valence-electron chi connectivity index (χ2n) is 7.74. The molecular formula is C25H26BrF2N7O2. The molecule has 2 aromatic heterocycles. The minimum Gasteiger partial charge on any atom is -0.370 e. The van der Waals surface area contributed by atoms with Crippen LogP contribution in [0.2, 0.25) is 0 Å².